The number of carbonyl (C=O) groups is 1. The van der Waals surface area contributed by atoms with Crippen molar-refractivity contribution in [3.63, 3.8) is 0 Å². The van der Waals surface area contributed by atoms with Gasteiger partial charge < -0.3 is 9.84 Å². The van der Waals surface area contributed by atoms with E-state index >= 15 is 0 Å². The molecular formula is C15H27NO3. The fourth-order valence-corrected chi connectivity index (χ4v) is 3.67. The van der Waals surface area contributed by atoms with Crippen molar-refractivity contribution in [3.8, 4) is 0 Å². The summed E-state index contributed by atoms with van der Waals surface area (Å²) in [7, 11) is 0. The predicted octanol–water partition coefficient (Wildman–Crippen LogP) is 2.38. The molecule has 4 nitrogen and oxygen atoms in total. The van der Waals surface area contributed by atoms with Crippen molar-refractivity contribution < 1.29 is 14.6 Å². The Morgan fingerprint density at radius 1 is 1.26 bits per heavy atom. The van der Waals surface area contributed by atoms with E-state index in [9.17, 15) is 9.90 Å². The lowest BCUT2D eigenvalue weighted by Gasteiger charge is -2.36. The van der Waals surface area contributed by atoms with E-state index in [1.807, 2.05) is 0 Å². The second kappa shape index (κ2) is 6.71. The third kappa shape index (κ3) is 3.48. The highest BCUT2D eigenvalue weighted by Crippen LogP contribution is 2.30. The van der Waals surface area contributed by atoms with Crippen molar-refractivity contribution in [1.82, 2.24) is 4.90 Å². The van der Waals surface area contributed by atoms with Crippen molar-refractivity contribution in [3.05, 3.63) is 0 Å². The normalized spacial score (nSPS) is 36.4. The number of hydrogen-bond acceptors (Lipinski definition) is 3. The molecule has 1 heterocycles. The van der Waals surface area contributed by atoms with Crippen LogP contribution >= 0.6 is 0 Å². The maximum Gasteiger partial charge on any atom is 0.310 e. The Hall–Kier alpha value is -0.610. The van der Waals surface area contributed by atoms with E-state index in [2.05, 4.69) is 18.7 Å². The topological polar surface area (TPSA) is 49.8 Å². The molecule has 0 amide bonds. The Kier molecular flexibility index (Phi) is 5.22. The van der Waals surface area contributed by atoms with E-state index in [0.717, 1.165) is 12.5 Å². The maximum atomic E-state index is 11.3. The number of aliphatic carboxylic acids is 1. The summed E-state index contributed by atoms with van der Waals surface area (Å²) in [6.45, 7) is 6.36. The van der Waals surface area contributed by atoms with Gasteiger partial charge in [-0.15, -0.1) is 0 Å². The minimum atomic E-state index is -0.706. The van der Waals surface area contributed by atoms with Gasteiger partial charge in [0.15, 0.2) is 0 Å². The van der Waals surface area contributed by atoms with Crippen LogP contribution in [-0.4, -0.2) is 47.8 Å². The van der Waals surface area contributed by atoms with Gasteiger partial charge in [-0.1, -0.05) is 26.7 Å². The number of rotatable bonds is 4. The van der Waals surface area contributed by atoms with Crippen LogP contribution in [0, 0.1) is 11.8 Å². The minimum absolute atomic E-state index is 0.0703. The van der Waals surface area contributed by atoms with Crippen LogP contribution in [0.5, 0.6) is 0 Å². The number of carboxylic acids is 1. The fourth-order valence-electron chi connectivity index (χ4n) is 3.67. The Morgan fingerprint density at radius 2 is 2.05 bits per heavy atom. The molecular weight excluding hydrogens is 242 g/mol. The van der Waals surface area contributed by atoms with E-state index in [1.165, 1.54) is 32.1 Å². The molecule has 4 unspecified atom stereocenters. The molecule has 2 fully saturated rings. The third-order valence-corrected chi connectivity index (χ3v) is 4.85. The van der Waals surface area contributed by atoms with Crippen LogP contribution in [0.1, 0.15) is 46.0 Å². The first-order chi connectivity index (χ1) is 9.13. The second-order valence-electron chi connectivity index (χ2n) is 6.15. The fraction of sp³-hybridized carbons (Fsp3) is 0.933. The number of carboxylic acid groups (broad SMARTS) is 1. The van der Waals surface area contributed by atoms with Crippen molar-refractivity contribution >= 4 is 5.97 Å². The Bertz CT molecular complexity index is 308. The van der Waals surface area contributed by atoms with Crippen LogP contribution < -0.4 is 0 Å². The van der Waals surface area contributed by atoms with Crippen LogP contribution in [0.15, 0.2) is 0 Å². The molecule has 0 aromatic heterocycles. The van der Waals surface area contributed by atoms with Crippen LogP contribution in [0.25, 0.3) is 0 Å². The van der Waals surface area contributed by atoms with E-state index in [4.69, 9.17) is 4.74 Å². The summed E-state index contributed by atoms with van der Waals surface area (Å²) in [5.74, 6) is -0.234. The second-order valence-corrected chi connectivity index (χ2v) is 6.15. The van der Waals surface area contributed by atoms with Gasteiger partial charge in [0.1, 0.15) is 0 Å². The summed E-state index contributed by atoms with van der Waals surface area (Å²) in [5, 5.41) is 9.32. The largest absolute Gasteiger partial charge is 0.481 e. The Morgan fingerprint density at radius 3 is 2.74 bits per heavy atom. The van der Waals surface area contributed by atoms with Crippen LogP contribution in [0.2, 0.25) is 0 Å². The summed E-state index contributed by atoms with van der Waals surface area (Å²) in [5.41, 5.74) is 0. The molecule has 0 spiro atoms. The minimum Gasteiger partial charge on any atom is -0.481 e. The molecule has 1 N–H and O–H groups in total. The van der Waals surface area contributed by atoms with Gasteiger partial charge in [0.25, 0.3) is 0 Å². The van der Waals surface area contributed by atoms with Crippen LogP contribution in [0.3, 0.4) is 0 Å². The average Bonchev–Trinajstić information content (AvgIpc) is 2.76. The molecule has 0 radical (unpaired) electrons. The van der Waals surface area contributed by atoms with E-state index in [0.29, 0.717) is 19.3 Å². The van der Waals surface area contributed by atoms with Gasteiger partial charge in [-0.3, -0.25) is 9.69 Å². The molecule has 110 valence electrons. The number of likely N-dealkylation sites (N-methyl/N-ethyl adjacent to an activating group) is 1. The molecule has 19 heavy (non-hydrogen) atoms. The maximum absolute atomic E-state index is 11.3. The molecule has 1 saturated heterocycles. The molecule has 1 aliphatic carbocycles. The summed E-state index contributed by atoms with van der Waals surface area (Å²) in [4.78, 5) is 13.7. The van der Waals surface area contributed by atoms with Gasteiger partial charge in [0.2, 0.25) is 0 Å². The SMILES string of the molecule is CCN(C1CCCC(C)CC1)C1COCC1C(=O)O. The highest BCUT2D eigenvalue weighted by atomic mass is 16.5. The number of ether oxygens (including phenoxy) is 1. The molecule has 1 aliphatic heterocycles. The van der Waals surface area contributed by atoms with E-state index in [1.54, 1.807) is 0 Å². The summed E-state index contributed by atoms with van der Waals surface area (Å²) in [6, 6.07) is 0.615. The monoisotopic (exact) mass is 269 g/mol. The highest BCUT2D eigenvalue weighted by Gasteiger charge is 2.40. The highest BCUT2D eigenvalue weighted by molar-refractivity contribution is 5.71. The summed E-state index contributed by atoms with van der Waals surface area (Å²) >= 11 is 0. The zero-order valence-electron chi connectivity index (χ0n) is 12.2. The van der Waals surface area contributed by atoms with Crippen molar-refractivity contribution in [2.24, 2.45) is 11.8 Å². The quantitative estimate of drug-likeness (QED) is 0.796. The van der Waals surface area contributed by atoms with Crippen molar-refractivity contribution in [1.29, 1.82) is 0 Å². The number of nitrogens with zero attached hydrogens (tertiary/aromatic N) is 1. The molecule has 4 atom stereocenters. The molecule has 1 saturated carbocycles. The first kappa shape index (κ1) is 14.8. The smallest absolute Gasteiger partial charge is 0.310 e. The number of hydrogen-bond donors (Lipinski definition) is 1. The predicted molar refractivity (Wildman–Crippen MR) is 74.1 cm³/mol. The summed E-state index contributed by atoms with van der Waals surface area (Å²) < 4.78 is 5.43. The van der Waals surface area contributed by atoms with Gasteiger partial charge >= 0.3 is 5.97 Å². The third-order valence-electron chi connectivity index (χ3n) is 4.85. The van der Waals surface area contributed by atoms with Crippen LogP contribution in [-0.2, 0) is 9.53 Å². The van der Waals surface area contributed by atoms with Crippen molar-refractivity contribution in [2.75, 3.05) is 19.8 Å². The summed E-state index contributed by atoms with van der Waals surface area (Å²) in [6.07, 6.45) is 6.27. The van der Waals surface area contributed by atoms with Gasteiger partial charge in [-0.25, -0.2) is 0 Å². The van der Waals surface area contributed by atoms with Crippen LogP contribution in [0.4, 0.5) is 0 Å². The molecule has 2 rings (SSSR count). The molecule has 0 aromatic rings. The standard InChI is InChI=1S/C15H27NO3/c1-3-16(12-6-4-5-11(2)7-8-12)14-10-19-9-13(14)15(17)18/h11-14H,3-10H2,1-2H3,(H,17,18). The van der Waals surface area contributed by atoms with E-state index < -0.39 is 5.97 Å². The lowest BCUT2D eigenvalue weighted by molar-refractivity contribution is -0.143. The van der Waals surface area contributed by atoms with Gasteiger partial charge in [-0.2, -0.15) is 0 Å². The Labute approximate surface area is 116 Å². The molecule has 4 heteroatoms. The molecule has 0 bridgehead atoms. The molecule has 2 aliphatic rings. The van der Waals surface area contributed by atoms with Gasteiger partial charge in [-0.05, 0) is 31.7 Å². The zero-order valence-corrected chi connectivity index (χ0v) is 12.2. The van der Waals surface area contributed by atoms with Gasteiger partial charge in [0, 0.05) is 12.1 Å². The van der Waals surface area contributed by atoms with Crippen molar-refractivity contribution in [2.45, 2.75) is 58.0 Å². The lowest BCUT2D eigenvalue weighted by Crippen LogP contribution is -2.48. The van der Waals surface area contributed by atoms with Gasteiger partial charge in [0.05, 0.1) is 19.1 Å². The first-order valence-electron chi connectivity index (χ1n) is 7.69. The van der Waals surface area contributed by atoms with E-state index in [-0.39, 0.29) is 12.0 Å². The average molecular weight is 269 g/mol. The zero-order chi connectivity index (χ0) is 13.8. The first-order valence-corrected chi connectivity index (χ1v) is 7.69. The molecule has 0 aromatic carbocycles. The lowest BCUT2D eigenvalue weighted by atomic mass is 9.97. The Balaban J connectivity index is 2.04.